The van der Waals surface area contributed by atoms with E-state index in [1.54, 1.807) is 36.4 Å². The Labute approximate surface area is 887 Å². The maximum Gasteiger partial charge on any atom is 0.261 e. The van der Waals surface area contributed by atoms with Gasteiger partial charge in [0.2, 0.25) is 0 Å². The quantitative estimate of drug-likeness (QED) is 0.0162. The Morgan fingerprint density at radius 1 is 0.291 bits per heavy atom. The Kier molecular flexibility index (Phi) is 39.3. The number of halogens is 1. The van der Waals surface area contributed by atoms with Crippen LogP contribution in [0.1, 0.15) is 369 Å². The first kappa shape index (κ1) is 111. The fraction of sp³-hybridized carbons (Fsp3) is 0.538. The van der Waals surface area contributed by atoms with E-state index in [0.717, 1.165) is 232 Å². The van der Waals surface area contributed by atoms with Gasteiger partial charge >= 0.3 is 489 Å². The third-order valence-corrected chi connectivity index (χ3v) is 67.3. The number of carbonyl (C=O) groups is 8. The second-order valence-electron chi connectivity index (χ2n) is 42.7. The molecule has 0 bridgehead atoms. The molecule has 5 heterocycles. The van der Waals surface area contributed by atoms with E-state index < -0.39 is 115 Å². The fourth-order valence-corrected chi connectivity index (χ4v) is 62.4. The number of rotatable bonds is 37. The molecule has 12 nitrogen and oxygen atoms in total. The molecule has 19 rings (SSSR count). The smallest absolute Gasteiger partial charge is 0.261 e. The maximum atomic E-state index is 14.8. The molecule has 10 aromatic rings. The summed E-state index contributed by atoms with van der Waals surface area (Å²) in [6.45, 7) is 18.5. The minimum Gasteiger partial charge on any atom is -0.271 e. The van der Waals surface area contributed by atoms with Gasteiger partial charge in [0.1, 0.15) is 0 Å². The summed E-state index contributed by atoms with van der Waals surface area (Å²) in [5.41, 5.74) is 4.97. The van der Waals surface area contributed by atoms with Gasteiger partial charge in [-0.1, -0.05) is 72.7 Å². The number of hydrogen-bond donors (Lipinski definition) is 0. The maximum absolute atomic E-state index is 14.8. The zero-order chi connectivity index (χ0) is 101. The normalized spacial score (nSPS) is 17.0. The Morgan fingerprint density at radius 2 is 0.532 bits per heavy atom. The van der Waals surface area contributed by atoms with Crippen molar-refractivity contribution < 1.29 is 38.4 Å². The predicted molar refractivity (Wildman–Crippen MR) is 628 cm³/mol. The summed E-state index contributed by atoms with van der Waals surface area (Å²) < 4.78 is 15.9. The van der Waals surface area contributed by atoms with Crippen LogP contribution in [-0.2, 0) is 0 Å². The van der Waals surface area contributed by atoms with Crippen LogP contribution in [0.4, 0.5) is 0 Å². The van der Waals surface area contributed by atoms with Gasteiger partial charge < -0.3 is 0 Å². The van der Waals surface area contributed by atoms with Crippen LogP contribution in [0.25, 0.3) is 86.2 Å². The summed E-state index contributed by atoms with van der Waals surface area (Å²) in [6.07, 6.45) is 35.1. The number of amides is 8. The van der Waals surface area contributed by atoms with E-state index in [9.17, 15) is 38.4 Å². The van der Waals surface area contributed by atoms with Crippen molar-refractivity contribution in [3.8, 4) is 0 Å². The van der Waals surface area contributed by atoms with Crippen LogP contribution in [-0.4, -0.2) is 299 Å². The van der Waals surface area contributed by atoms with E-state index in [-0.39, 0.29) is 71.4 Å². The third-order valence-electron chi connectivity index (χ3n) is 33.4. The van der Waals surface area contributed by atoms with Gasteiger partial charge in [-0.3, -0.25) is 29.0 Å². The van der Waals surface area contributed by atoms with Crippen molar-refractivity contribution in [2.24, 2.45) is 0 Å². The molecule has 10 aromatic carbocycles. The minimum atomic E-state index is -3.63. The van der Waals surface area contributed by atoms with Gasteiger partial charge in [0.25, 0.3) is 23.6 Å². The van der Waals surface area contributed by atoms with Crippen LogP contribution in [0.5, 0.6) is 0 Å². The molecule has 0 atom stereocenters. The van der Waals surface area contributed by atoms with Gasteiger partial charge in [-0.25, -0.2) is 0 Å². The van der Waals surface area contributed by atoms with Gasteiger partial charge in [0.15, 0.2) is 0 Å². The van der Waals surface area contributed by atoms with E-state index >= 15 is 0 Å². The molecule has 0 unspecified atom stereocenters. The second kappa shape index (κ2) is 50.0. The predicted octanol–water partition coefficient (Wildman–Crippen LogP) is 19.2. The average Bonchev–Trinajstić information content (AvgIpc) is 1.50. The summed E-state index contributed by atoms with van der Waals surface area (Å²) in [7, 11) is 64.8. The Morgan fingerprint density at radius 3 is 0.787 bits per heavy atom. The molecule has 8 amide bonds. The van der Waals surface area contributed by atoms with E-state index in [0.29, 0.717) is 55.3 Å². The van der Waals surface area contributed by atoms with Crippen molar-refractivity contribution in [1.29, 1.82) is 0 Å². The molecule has 9 aliphatic rings. The Bertz CT molecular complexity index is 5940. The number of fused-ring (bicyclic) bond motifs is 3. The zero-order valence-electron chi connectivity index (χ0n) is 85.5. The van der Waals surface area contributed by atoms with E-state index in [1.807, 2.05) is 54.6 Å². The second-order valence-corrected chi connectivity index (χ2v) is 72.8. The molecule has 695 valence electrons. The Balaban J connectivity index is 0.000000149. The molecule has 0 spiro atoms. The molecule has 37 heteroatoms. The van der Waals surface area contributed by atoms with Crippen LogP contribution in [0.15, 0.2) is 83.3 Å². The first-order valence-corrected chi connectivity index (χ1v) is 74.4. The molecule has 0 saturated heterocycles. The van der Waals surface area contributed by atoms with Crippen LogP contribution < -0.4 is 7.16 Å². The van der Waals surface area contributed by atoms with Gasteiger partial charge in [-0.15, -0.1) is 0 Å². The van der Waals surface area contributed by atoms with Crippen molar-refractivity contribution in [2.45, 2.75) is 346 Å². The molecule has 141 heavy (non-hydrogen) atoms. The number of benzene rings is 10. The number of carbonyl (C=O) groups excluding carboxylic acids is 8. The van der Waals surface area contributed by atoms with Crippen molar-refractivity contribution in [3.63, 3.8) is 0 Å². The van der Waals surface area contributed by atoms with Crippen LogP contribution in [0, 0.1) is 0 Å². The summed E-state index contributed by atoms with van der Waals surface area (Å²) in [6, 6.07) is 25.9. The molecular formula is C104H129B21BrN4O8Sn3. The van der Waals surface area contributed by atoms with Crippen LogP contribution in [0.3, 0.4) is 0 Å². The summed E-state index contributed by atoms with van der Waals surface area (Å²) >= 11 is -1.49. The van der Waals surface area contributed by atoms with Gasteiger partial charge in [0.05, 0.1) is 0 Å². The average molecular weight is 2230 g/mol. The van der Waals surface area contributed by atoms with Crippen molar-refractivity contribution in [2.75, 3.05) is 0 Å². The SMILES string of the molecule is CCC[CH2][Sn]([CH2]CCC)[CH2]CCC.CCC[CH2][Sn]([CH2]CCC)[CH2]CCC.CCC[CH2][Sn]1([CH2]CCC)[c]2cc3c4c(ccc5c6ccc7c8c(c[c]1c(c2c45)c86)C(=O)N(C1CCCCC1)C7=O)C(=O)N(C1CCCCC1)C3=O.O=C1c2ccc3c4ccc5c6c(cc(Br)c(c7ccc(c2c37)C(=O)N1C1CCCCC1)c64)C(=O)N(C1CCCCC1)C5=O.[B][B]B(B([B])[B])B(B(B([B])[B])B([B])[B])B(B([B])[B])B([B])[B]. The molecule has 0 aromatic heterocycles. The summed E-state index contributed by atoms with van der Waals surface area (Å²) in [5.74, 6) is -1.37. The van der Waals surface area contributed by atoms with Gasteiger partial charge in [-0.2, -0.15) is 0 Å². The third kappa shape index (κ3) is 21.9. The van der Waals surface area contributed by atoms with E-state index in [2.05, 4.69) is 95.6 Å². The number of unbranched alkanes of at least 4 members (excludes halogenated alkanes) is 8. The fourth-order valence-electron chi connectivity index (χ4n) is 26.2. The number of nitrogens with zero attached hydrogens (tertiary/aromatic N) is 4. The summed E-state index contributed by atoms with van der Waals surface area (Å²) in [4.78, 5) is 121. The molecule has 5 aliphatic heterocycles. The summed E-state index contributed by atoms with van der Waals surface area (Å²) in [5, 5.41) is 15.1. The first-order valence-electron chi connectivity index (χ1n) is 54.6. The molecule has 25 radical (unpaired) electrons. The minimum absolute atomic E-state index is 0.0490. The Hall–Kier alpha value is -4.40. The first-order chi connectivity index (χ1) is 68.1. The van der Waals surface area contributed by atoms with Crippen molar-refractivity contribution in [1.82, 2.24) is 19.6 Å². The van der Waals surface area contributed by atoms with E-state index in [4.69, 9.17) is 85.1 Å². The zero-order valence-corrected chi connectivity index (χ0v) is 95.6. The van der Waals surface area contributed by atoms with Gasteiger partial charge in [0, 0.05) is 210 Å². The molecule has 4 fully saturated rings. The van der Waals surface area contributed by atoms with Crippen molar-refractivity contribution in [3.05, 3.63) is 128 Å². The molecule has 0 N–H and O–H groups in total. The van der Waals surface area contributed by atoms with Crippen LogP contribution >= 0.6 is 15.9 Å². The molecule has 4 saturated carbocycles. The topological polar surface area (TPSA) is 150 Å². The monoisotopic (exact) mass is 2230 g/mol. The van der Waals surface area contributed by atoms with E-state index in [1.165, 1.54) is 112 Å². The standard InChI is InChI=1S/C36H29BrN2O4.C36H28N2O4.8C4H9.B21.3Sn/c37-27-17-26-30-25(35(42)39(36(26)43)19-9-5-2-6-10-19)15-12-21-20-11-14-23-29-24(16-13-22(28(20)29)31(27)32(21)30)34(41)38(33(23)40)18-7-3-1-4-8-18;39-33-25-15-11-21-23-13-17-27-32-28(36(42)38(35(27)41)20-9-5-2-6-10-20)18-14-24(30(23)32)22-12-16-26(31(25)29(21)22)34(40)37(33)19-7-3-1-4-8-19;8*1-3-4-2;1-12-18(13(2)3)21(19(14(4)5)15(6)7)20(16(8)9)17(10)11;;;/h11-19H,1-10H2;11,13,15-20H,1-10H2;8*1,3-4H2,2H3;;;;. The van der Waals surface area contributed by atoms with Crippen molar-refractivity contribution >= 4 is 364 Å². The largest absolute Gasteiger partial charge is 0.271 e. The number of hydrogen-bond acceptors (Lipinski definition) is 8. The number of imide groups is 4. The molecular weight excluding hydrogens is 2100 g/mol. The van der Waals surface area contributed by atoms with Gasteiger partial charge in [-0.05, 0) is 71.5 Å². The molecule has 4 aliphatic carbocycles. The van der Waals surface area contributed by atoms with Crippen LogP contribution in [0.2, 0.25) is 35.5 Å².